The summed E-state index contributed by atoms with van der Waals surface area (Å²) in [4.78, 5) is 15.0. The number of nitrogens with two attached hydrogens (primary N) is 2. The maximum absolute atomic E-state index is 11.0. The van der Waals surface area contributed by atoms with E-state index in [0.717, 1.165) is 12.2 Å². The monoisotopic (exact) mass is 248 g/mol. The number of anilines is 1. The molecule has 0 bridgehead atoms. The highest BCUT2D eigenvalue weighted by Crippen LogP contribution is 2.37. The van der Waals surface area contributed by atoms with Crippen LogP contribution in [0, 0.1) is 5.41 Å². The van der Waals surface area contributed by atoms with Gasteiger partial charge in [-0.15, -0.1) is 0 Å². The lowest BCUT2D eigenvalue weighted by molar-refractivity contribution is 0.0995. The van der Waals surface area contributed by atoms with Crippen LogP contribution in [-0.2, 0) is 0 Å². The summed E-state index contributed by atoms with van der Waals surface area (Å²) in [7, 11) is 0. The van der Waals surface area contributed by atoms with Gasteiger partial charge < -0.3 is 16.8 Å². The van der Waals surface area contributed by atoms with E-state index in [1.165, 1.54) is 25.7 Å². The van der Waals surface area contributed by atoms with E-state index in [1.807, 2.05) is 6.07 Å². The Bertz CT molecular complexity index is 427. The molecule has 0 atom stereocenters. The molecule has 18 heavy (non-hydrogen) atoms. The zero-order valence-corrected chi connectivity index (χ0v) is 10.5. The van der Waals surface area contributed by atoms with Gasteiger partial charge in [0, 0.05) is 18.4 Å². The second-order valence-corrected chi connectivity index (χ2v) is 5.06. The van der Waals surface area contributed by atoms with Gasteiger partial charge in [-0.25, -0.2) is 0 Å². The van der Waals surface area contributed by atoms with Gasteiger partial charge in [0.1, 0.15) is 5.69 Å². The maximum atomic E-state index is 11.0. The fourth-order valence-corrected chi connectivity index (χ4v) is 2.54. The molecule has 2 rings (SSSR count). The van der Waals surface area contributed by atoms with Gasteiger partial charge in [-0.1, -0.05) is 12.8 Å². The predicted molar refractivity (Wildman–Crippen MR) is 71.2 cm³/mol. The molecule has 5 heteroatoms. The van der Waals surface area contributed by atoms with Crippen molar-refractivity contribution in [2.45, 2.75) is 25.7 Å². The normalized spacial score (nSPS) is 17.6. The van der Waals surface area contributed by atoms with Crippen molar-refractivity contribution in [3.05, 3.63) is 24.0 Å². The summed E-state index contributed by atoms with van der Waals surface area (Å²) in [5.74, 6) is -0.506. The largest absolute Gasteiger partial charge is 0.384 e. The zero-order valence-electron chi connectivity index (χ0n) is 10.5. The molecule has 98 valence electrons. The molecule has 0 aromatic carbocycles. The van der Waals surface area contributed by atoms with E-state index in [4.69, 9.17) is 11.5 Å². The first-order valence-corrected chi connectivity index (χ1v) is 6.35. The minimum Gasteiger partial charge on any atom is -0.384 e. The number of primary amides is 1. The molecule has 1 heterocycles. The van der Waals surface area contributed by atoms with Crippen molar-refractivity contribution < 1.29 is 4.79 Å². The first kappa shape index (κ1) is 12.8. The van der Waals surface area contributed by atoms with Crippen LogP contribution in [0.2, 0.25) is 0 Å². The first-order valence-electron chi connectivity index (χ1n) is 6.35. The van der Waals surface area contributed by atoms with E-state index in [-0.39, 0.29) is 11.1 Å². The lowest BCUT2D eigenvalue weighted by atomic mass is 9.86. The summed E-state index contributed by atoms with van der Waals surface area (Å²) in [6.45, 7) is 1.54. The number of carbonyl (C=O) groups excluding carboxylic acids is 1. The minimum absolute atomic E-state index is 0.205. The van der Waals surface area contributed by atoms with Crippen LogP contribution in [-0.4, -0.2) is 24.0 Å². The summed E-state index contributed by atoms with van der Waals surface area (Å²) in [6, 6.07) is 3.52. The van der Waals surface area contributed by atoms with E-state index >= 15 is 0 Å². The number of aromatic nitrogens is 1. The molecule has 1 aliphatic rings. The van der Waals surface area contributed by atoms with Crippen molar-refractivity contribution in [3.8, 4) is 0 Å². The van der Waals surface area contributed by atoms with E-state index in [9.17, 15) is 4.79 Å². The molecule has 0 spiro atoms. The van der Waals surface area contributed by atoms with Gasteiger partial charge in [0.25, 0.3) is 5.91 Å². The Morgan fingerprint density at radius 3 is 2.78 bits per heavy atom. The smallest absolute Gasteiger partial charge is 0.267 e. The Kier molecular flexibility index (Phi) is 3.81. The van der Waals surface area contributed by atoms with Crippen LogP contribution in [0.15, 0.2) is 18.3 Å². The van der Waals surface area contributed by atoms with E-state index in [1.54, 1.807) is 12.3 Å². The average molecular weight is 248 g/mol. The third-order valence-electron chi connectivity index (χ3n) is 3.78. The SMILES string of the molecule is NCC1(CNc2ccnc(C(N)=O)c2)CCCC1. The fourth-order valence-electron chi connectivity index (χ4n) is 2.54. The maximum Gasteiger partial charge on any atom is 0.267 e. The molecule has 1 aliphatic carbocycles. The number of nitrogens with one attached hydrogen (secondary N) is 1. The van der Waals surface area contributed by atoms with Gasteiger partial charge in [-0.3, -0.25) is 9.78 Å². The van der Waals surface area contributed by atoms with Crippen LogP contribution >= 0.6 is 0 Å². The molecule has 1 saturated carbocycles. The quantitative estimate of drug-likeness (QED) is 0.727. The molecule has 1 aromatic heterocycles. The summed E-state index contributed by atoms with van der Waals surface area (Å²) >= 11 is 0. The van der Waals surface area contributed by atoms with Crippen molar-refractivity contribution in [1.29, 1.82) is 0 Å². The highest BCUT2D eigenvalue weighted by molar-refractivity contribution is 5.91. The lowest BCUT2D eigenvalue weighted by Crippen LogP contribution is -2.34. The second kappa shape index (κ2) is 5.35. The second-order valence-electron chi connectivity index (χ2n) is 5.06. The Morgan fingerprint density at radius 2 is 2.17 bits per heavy atom. The van der Waals surface area contributed by atoms with Crippen molar-refractivity contribution in [2.75, 3.05) is 18.4 Å². The number of hydrogen-bond donors (Lipinski definition) is 3. The van der Waals surface area contributed by atoms with Crippen LogP contribution < -0.4 is 16.8 Å². The first-order chi connectivity index (χ1) is 8.65. The number of carbonyl (C=O) groups is 1. The van der Waals surface area contributed by atoms with Crippen molar-refractivity contribution in [3.63, 3.8) is 0 Å². The summed E-state index contributed by atoms with van der Waals surface area (Å²) in [6.07, 6.45) is 6.43. The molecular formula is C13H20N4O. The number of pyridine rings is 1. The minimum atomic E-state index is -0.506. The Hall–Kier alpha value is -1.62. The highest BCUT2D eigenvalue weighted by atomic mass is 16.1. The van der Waals surface area contributed by atoms with Crippen molar-refractivity contribution >= 4 is 11.6 Å². The summed E-state index contributed by atoms with van der Waals surface area (Å²) in [5.41, 5.74) is 12.5. The van der Waals surface area contributed by atoms with Gasteiger partial charge >= 0.3 is 0 Å². The molecule has 0 saturated heterocycles. The highest BCUT2D eigenvalue weighted by Gasteiger charge is 2.32. The summed E-state index contributed by atoms with van der Waals surface area (Å²) in [5, 5.41) is 3.35. The summed E-state index contributed by atoms with van der Waals surface area (Å²) < 4.78 is 0. The third kappa shape index (κ3) is 2.79. The van der Waals surface area contributed by atoms with Crippen LogP contribution in [0.4, 0.5) is 5.69 Å². The lowest BCUT2D eigenvalue weighted by Gasteiger charge is -2.27. The van der Waals surface area contributed by atoms with Crippen LogP contribution in [0.1, 0.15) is 36.2 Å². The average Bonchev–Trinajstić information content (AvgIpc) is 2.86. The van der Waals surface area contributed by atoms with Crippen LogP contribution in [0.25, 0.3) is 0 Å². The van der Waals surface area contributed by atoms with E-state index in [2.05, 4.69) is 10.3 Å². The molecule has 1 aromatic rings. The topological polar surface area (TPSA) is 94.0 Å². The molecule has 0 unspecified atom stereocenters. The van der Waals surface area contributed by atoms with Gasteiger partial charge in [-0.2, -0.15) is 0 Å². The van der Waals surface area contributed by atoms with Gasteiger partial charge in [0.05, 0.1) is 0 Å². The van der Waals surface area contributed by atoms with Gasteiger partial charge in [0.2, 0.25) is 0 Å². The predicted octanol–water partition coefficient (Wildman–Crippen LogP) is 1.11. The van der Waals surface area contributed by atoms with E-state index in [0.29, 0.717) is 6.54 Å². The third-order valence-corrected chi connectivity index (χ3v) is 3.78. The number of hydrogen-bond acceptors (Lipinski definition) is 4. The number of nitrogens with zero attached hydrogens (tertiary/aromatic N) is 1. The van der Waals surface area contributed by atoms with Crippen molar-refractivity contribution in [2.24, 2.45) is 16.9 Å². The Morgan fingerprint density at radius 1 is 1.44 bits per heavy atom. The van der Waals surface area contributed by atoms with E-state index < -0.39 is 5.91 Å². The van der Waals surface area contributed by atoms with Crippen LogP contribution in [0.5, 0.6) is 0 Å². The molecule has 1 amide bonds. The molecule has 5 nitrogen and oxygen atoms in total. The van der Waals surface area contributed by atoms with Crippen molar-refractivity contribution in [1.82, 2.24) is 4.98 Å². The van der Waals surface area contributed by atoms with Gasteiger partial charge in [0.15, 0.2) is 0 Å². The fraction of sp³-hybridized carbons (Fsp3) is 0.538. The molecular weight excluding hydrogens is 228 g/mol. The molecule has 1 fully saturated rings. The molecule has 5 N–H and O–H groups in total. The Labute approximate surface area is 107 Å². The number of rotatable bonds is 5. The standard InChI is InChI=1S/C13H20N4O/c14-8-13(4-1-2-5-13)9-17-10-3-6-16-11(7-10)12(15)18/h3,6-7H,1-2,4-5,8-9,14H2,(H2,15,18)(H,16,17). The molecule has 0 aliphatic heterocycles. The molecule has 0 radical (unpaired) electrons. The van der Waals surface area contributed by atoms with Gasteiger partial charge in [-0.05, 0) is 36.9 Å². The Balaban J connectivity index is 2.01. The number of amides is 1. The van der Waals surface area contributed by atoms with Crippen LogP contribution in [0.3, 0.4) is 0 Å². The zero-order chi connectivity index (χ0) is 13.0.